The highest BCUT2D eigenvalue weighted by Gasteiger charge is 2.22. The van der Waals surface area contributed by atoms with Gasteiger partial charge in [-0.1, -0.05) is 19.8 Å². The van der Waals surface area contributed by atoms with Crippen LogP contribution in [0.1, 0.15) is 32.6 Å². The van der Waals surface area contributed by atoms with E-state index in [-0.39, 0.29) is 6.61 Å². The predicted octanol–water partition coefficient (Wildman–Crippen LogP) is 0.524. The van der Waals surface area contributed by atoms with Gasteiger partial charge in [-0.25, -0.2) is 0 Å². The van der Waals surface area contributed by atoms with E-state index in [1.54, 1.807) is 0 Å². The molecule has 1 aliphatic carbocycles. The molecule has 0 bridgehead atoms. The maximum Gasteiger partial charge on any atom is 0.0897 e. The molecule has 1 saturated carbocycles. The fourth-order valence-corrected chi connectivity index (χ4v) is 2.17. The average molecular weight is 231 g/mol. The van der Waals surface area contributed by atoms with Crippen molar-refractivity contribution in [1.82, 2.24) is 5.32 Å². The Labute approximate surface area is 98.0 Å². The van der Waals surface area contributed by atoms with Crippen molar-refractivity contribution >= 4 is 0 Å². The summed E-state index contributed by atoms with van der Waals surface area (Å²) in [5.41, 5.74) is 0. The molecular formula is C12H25NO3. The van der Waals surface area contributed by atoms with Gasteiger partial charge in [0, 0.05) is 13.1 Å². The minimum Gasteiger partial charge on any atom is -0.395 e. The van der Waals surface area contributed by atoms with Crippen LogP contribution in [0.3, 0.4) is 0 Å². The molecule has 3 N–H and O–H groups in total. The first-order chi connectivity index (χ1) is 7.74. The first-order valence-corrected chi connectivity index (χ1v) is 6.35. The molecule has 0 radical (unpaired) electrons. The van der Waals surface area contributed by atoms with E-state index < -0.39 is 6.10 Å². The minimum atomic E-state index is -0.472. The Morgan fingerprint density at radius 1 is 1.38 bits per heavy atom. The quantitative estimate of drug-likeness (QED) is 0.559. The molecule has 0 amide bonds. The van der Waals surface area contributed by atoms with Crippen molar-refractivity contribution in [2.75, 3.05) is 26.3 Å². The van der Waals surface area contributed by atoms with Crippen LogP contribution in [0.25, 0.3) is 0 Å². The number of hydrogen-bond donors (Lipinski definition) is 3. The Hall–Kier alpha value is -0.160. The third-order valence-electron chi connectivity index (χ3n) is 3.20. The van der Waals surface area contributed by atoms with Crippen molar-refractivity contribution in [2.24, 2.45) is 5.92 Å². The molecule has 0 aromatic carbocycles. The zero-order valence-corrected chi connectivity index (χ0v) is 10.2. The molecule has 3 unspecified atom stereocenters. The summed E-state index contributed by atoms with van der Waals surface area (Å²) in [6, 6.07) is 0. The highest BCUT2D eigenvalue weighted by atomic mass is 16.5. The van der Waals surface area contributed by atoms with Gasteiger partial charge in [0.15, 0.2) is 0 Å². The number of aliphatic hydroxyl groups excluding tert-OH is 2. The molecule has 1 fully saturated rings. The van der Waals surface area contributed by atoms with Gasteiger partial charge in [0.25, 0.3) is 0 Å². The van der Waals surface area contributed by atoms with Crippen LogP contribution in [-0.2, 0) is 4.74 Å². The summed E-state index contributed by atoms with van der Waals surface area (Å²) in [5.74, 6) is 0.617. The molecule has 0 spiro atoms. The van der Waals surface area contributed by atoms with Crippen molar-refractivity contribution in [3.8, 4) is 0 Å². The van der Waals surface area contributed by atoms with Crippen LogP contribution in [0.4, 0.5) is 0 Å². The van der Waals surface area contributed by atoms with Crippen molar-refractivity contribution in [3.63, 3.8) is 0 Å². The molecular weight excluding hydrogens is 206 g/mol. The highest BCUT2D eigenvalue weighted by molar-refractivity contribution is 4.73. The van der Waals surface area contributed by atoms with E-state index in [0.717, 1.165) is 6.42 Å². The van der Waals surface area contributed by atoms with E-state index in [1.807, 2.05) is 0 Å². The largest absolute Gasteiger partial charge is 0.395 e. The summed E-state index contributed by atoms with van der Waals surface area (Å²) in [6.07, 6.45) is 4.76. The fourth-order valence-electron chi connectivity index (χ4n) is 2.17. The maximum absolute atomic E-state index is 9.62. The monoisotopic (exact) mass is 231 g/mol. The molecule has 0 aromatic rings. The zero-order valence-electron chi connectivity index (χ0n) is 10.2. The van der Waals surface area contributed by atoms with E-state index in [2.05, 4.69) is 12.2 Å². The molecule has 0 saturated heterocycles. The lowest BCUT2D eigenvalue weighted by molar-refractivity contribution is -0.0452. The molecule has 1 rings (SSSR count). The fraction of sp³-hybridized carbons (Fsp3) is 1.00. The van der Waals surface area contributed by atoms with Gasteiger partial charge >= 0.3 is 0 Å². The molecule has 4 heteroatoms. The highest BCUT2D eigenvalue weighted by Crippen LogP contribution is 2.26. The maximum atomic E-state index is 9.62. The van der Waals surface area contributed by atoms with Crippen molar-refractivity contribution in [3.05, 3.63) is 0 Å². The number of ether oxygens (including phenoxy) is 1. The molecule has 16 heavy (non-hydrogen) atoms. The van der Waals surface area contributed by atoms with Crippen molar-refractivity contribution < 1.29 is 14.9 Å². The second-order valence-corrected chi connectivity index (χ2v) is 4.72. The summed E-state index contributed by atoms with van der Waals surface area (Å²) in [4.78, 5) is 0. The second-order valence-electron chi connectivity index (χ2n) is 4.72. The van der Waals surface area contributed by atoms with Crippen LogP contribution in [0, 0.1) is 5.92 Å². The summed E-state index contributed by atoms with van der Waals surface area (Å²) < 4.78 is 5.74. The van der Waals surface area contributed by atoms with Gasteiger partial charge in [-0.15, -0.1) is 0 Å². The summed E-state index contributed by atoms with van der Waals surface area (Å²) in [5, 5.41) is 21.1. The Bertz CT molecular complexity index is 178. The number of rotatable bonds is 7. The summed E-state index contributed by atoms with van der Waals surface area (Å²) in [6.45, 7) is 3.74. The SMILES string of the molecule is CC1CCCCC1OCC(O)CNCCO. The summed E-state index contributed by atoms with van der Waals surface area (Å²) in [7, 11) is 0. The van der Waals surface area contributed by atoms with Crippen LogP contribution in [0.2, 0.25) is 0 Å². The van der Waals surface area contributed by atoms with Crippen LogP contribution in [-0.4, -0.2) is 48.7 Å². The Kier molecular flexibility index (Phi) is 6.96. The lowest BCUT2D eigenvalue weighted by Crippen LogP contribution is -2.35. The lowest BCUT2D eigenvalue weighted by atomic mass is 9.88. The van der Waals surface area contributed by atoms with Crippen LogP contribution < -0.4 is 5.32 Å². The molecule has 96 valence electrons. The molecule has 0 aromatic heterocycles. The Morgan fingerprint density at radius 3 is 2.81 bits per heavy atom. The van der Waals surface area contributed by atoms with E-state index in [9.17, 15) is 5.11 Å². The minimum absolute atomic E-state index is 0.104. The first kappa shape index (κ1) is 13.9. The number of aliphatic hydroxyl groups is 2. The van der Waals surface area contributed by atoms with Gasteiger partial charge in [-0.3, -0.25) is 0 Å². The van der Waals surface area contributed by atoms with Gasteiger partial charge in [0.05, 0.1) is 25.4 Å². The first-order valence-electron chi connectivity index (χ1n) is 6.35. The zero-order chi connectivity index (χ0) is 11.8. The summed E-state index contributed by atoms with van der Waals surface area (Å²) >= 11 is 0. The number of hydrogen-bond acceptors (Lipinski definition) is 4. The van der Waals surface area contributed by atoms with Gasteiger partial charge < -0.3 is 20.3 Å². The molecule has 0 aliphatic heterocycles. The molecule has 4 nitrogen and oxygen atoms in total. The third kappa shape index (κ3) is 5.25. The van der Waals surface area contributed by atoms with E-state index in [4.69, 9.17) is 9.84 Å². The molecule has 1 aliphatic rings. The van der Waals surface area contributed by atoms with Crippen molar-refractivity contribution in [2.45, 2.75) is 44.8 Å². The van der Waals surface area contributed by atoms with Crippen LogP contribution in [0.5, 0.6) is 0 Å². The predicted molar refractivity (Wildman–Crippen MR) is 63.3 cm³/mol. The Balaban J connectivity index is 2.07. The molecule has 0 heterocycles. The normalized spacial score (nSPS) is 27.9. The smallest absolute Gasteiger partial charge is 0.0897 e. The van der Waals surface area contributed by atoms with Crippen molar-refractivity contribution in [1.29, 1.82) is 0 Å². The van der Waals surface area contributed by atoms with Gasteiger partial charge in [0.1, 0.15) is 0 Å². The molecule has 3 atom stereocenters. The van der Waals surface area contributed by atoms with Crippen LogP contribution >= 0.6 is 0 Å². The van der Waals surface area contributed by atoms with Crippen LogP contribution in [0.15, 0.2) is 0 Å². The topological polar surface area (TPSA) is 61.7 Å². The second kappa shape index (κ2) is 8.01. The average Bonchev–Trinajstić information content (AvgIpc) is 2.28. The lowest BCUT2D eigenvalue weighted by Gasteiger charge is -2.29. The van der Waals surface area contributed by atoms with E-state index >= 15 is 0 Å². The van der Waals surface area contributed by atoms with Gasteiger partial charge in [-0.2, -0.15) is 0 Å². The van der Waals surface area contributed by atoms with Gasteiger partial charge in [-0.05, 0) is 18.8 Å². The standard InChI is InChI=1S/C12H25NO3/c1-10-4-2-3-5-12(10)16-9-11(15)8-13-6-7-14/h10-15H,2-9H2,1H3. The Morgan fingerprint density at radius 2 is 2.12 bits per heavy atom. The van der Waals surface area contributed by atoms with E-state index in [1.165, 1.54) is 19.3 Å². The third-order valence-corrected chi connectivity index (χ3v) is 3.20. The van der Waals surface area contributed by atoms with Gasteiger partial charge in [0.2, 0.25) is 0 Å². The van der Waals surface area contributed by atoms with E-state index in [0.29, 0.717) is 31.7 Å². The number of nitrogens with one attached hydrogen (secondary N) is 1.